The zero-order valence-corrected chi connectivity index (χ0v) is 15.3. The van der Waals surface area contributed by atoms with Crippen LogP contribution in [0.5, 0.6) is 5.75 Å². The van der Waals surface area contributed by atoms with E-state index in [9.17, 15) is 18.0 Å². The number of ketones is 1. The van der Waals surface area contributed by atoms with Crippen molar-refractivity contribution in [3.8, 4) is 5.75 Å². The minimum atomic E-state index is -3.99. The van der Waals surface area contributed by atoms with Crippen molar-refractivity contribution in [2.24, 2.45) is 5.14 Å². The predicted molar refractivity (Wildman–Crippen MR) is 92.7 cm³/mol. The highest BCUT2D eigenvalue weighted by molar-refractivity contribution is 7.89. The number of nitrogens with two attached hydrogens (primary N) is 1. The molecule has 0 saturated heterocycles. The van der Waals surface area contributed by atoms with E-state index in [1.165, 1.54) is 30.6 Å². The highest BCUT2D eigenvalue weighted by Crippen LogP contribution is 2.23. The van der Waals surface area contributed by atoms with Crippen LogP contribution in [0.25, 0.3) is 0 Å². The van der Waals surface area contributed by atoms with E-state index in [1.54, 1.807) is 6.07 Å². The second-order valence-corrected chi connectivity index (χ2v) is 7.76. The third-order valence-electron chi connectivity index (χ3n) is 3.34. The van der Waals surface area contributed by atoms with Crippen LogP contribution in [0.15, 0.2) is 35.2 Å². The highest BCUT2D eigenvalue weighted by Gasteiger charge is 2.20. The van der Waals surface area contributed by atoms with Gasteiger partial charge >= 0.3 is 5.97 Å². The fraction of sp³-hybridized carbons (Fsp3) is 0.250. The number of aryl methyl sites for hydroxylation is 1. The number of thiophene rings is 1. The number of methoxy groups -OCH3 is 1. The smallest absolute Gasteiger partial charge is 0.342 e. The Kier molecular flexibility index (Phi) is 5.93. The zero-order valence-electron chi connectivity index (χ0n) is 13.6. The Bertz CT molecular complexity index is 901. The van der Waals surface area contributed by atoms with Gasteiger partial charge in [0.15, 0.2) is 6.61 Å². The SMILES string of the molecule is CCc1ccc(C(=O)COC(=O)c2cc(S(N)(=O)=O)ccc2OC)s1. The van der Waals surface area contributed by atoms with Crippen LogP contribution in [0.3, 0.4) is 0 Å². The number of ether oxygens (including phenoxy) is 2. The molecule has 1 heterocycles. The molecule has 0 bridgehead atoms. The molecule has 1 aromatic carbocycles. The third kappa shape index (κ3) is 4.65. The van der Waals surface area contributed by atoms with Gasteiger partial charge in [-0.05, 0) is 36.8 Å². The molecule has 0 amide bonds. The van der Waals surface area contributed by atoms with Crippen molar-refractivity contribution >= 4 is 33.1 Å². The Balaban J connectivity index is 2.15. The van der Waals surface area contributed by atoms with Gasteiger partial charge in [0.1, 0.15) is 11.3 Å². The van der Waals surface area contributed by atoms with E-state index in [0.29, 0.717) is 4.88 Å². The molecule has 0 aliphatic rings. The lowest BCUT2D eigenvalue weighted by molar-refractivity contribution is 0.0472. The maximum atomic E-state index is 12.2. The van der Waals surface area contributed by atoms with E-state index in [0.717, 1.165) is 17.4 Å². The van der Waals surface area contributed by atoms with E-state index >= 15 is 0 Å². The van der Waals surface area contributed by atoms with E-state index in [2.05, 4.69) is 0 Å². The summed E-state index contributed by atoms with van der Waals surface area (Å²) >= 11 is 1.34. The summed E-state index contributed by atoms with van der Waals surface area (Å²) in [6, 6.07) is 7.10. The summed E-state index contributed by atoms with van der Waals surface area (Å²) in [7, 11) is -2.66. The van der Waals surface area contributed by atoms with Gasteiger partial charge in [0, 0.05) is 4.88 Å². The first-order valence-electron chi connectivity index (χ1n) is 7.26. The topological polar surface area (TPSA) is 113 Å². The zero-order chi connectivity index (χ0) is 18.6. The van der Waals surface area contributed by atoms with Gasteiger partial charge in [-0.15, -0.1) is 11.3 Å². The van der Waals surface area contributed by atoms with Crippen LogP contribution in [0.2, 0.25) is 0 Å². The molecule has 7 nitrogen and oxygen atoms in total. The molecular weight excluding hydrogens is 366 g/mol. The summed E-state index contributed by atoms with van der Waals surface area (Å²) < 4.78 is 32.9. The summed E-state index contributed by atoms with van der Waals surface area (Å²) in [5.41, 5.74) is -0.123. The largest absolute Gasteiger partial charge is 0.496 e. The minimum Gasteiger partial charge on any atom is -0.496 e. The standard InChI is InChI=1S/C16H17NO6S2/c1-3-10-4-7-15(24-10)13(18)9-23-16(19)12-8-11(25(17,20)21)5-6-14(12)22-2/h4-8H,3,9H2,1-2H3,(H2,17,20,21). The van der Waals surface area contributed by atoms with Crippen molar-refractivity contribution < 1.29 is 27.5 Å². The lowest BCUT2D eigenvalue weighted by Gasteiger charge is -2.09. The van der Waals surface area contributed by atoms with E-state index in [1.807, 2.05) is 13.0 Å². The molecule has 2 aromatic rings. The number of Topliss-reactive ketones (excluding diaryl/α,β-unsaturated/α-hetero) is 1. The van der Waals surface area contributed by atoms with Crippen LogP contribution in [0.4, 0.5) is 0 Å². The van der Waals surface area contributed by atoms with E-state index < -0.39 is 22.6 Å². The molecule has 134 valence electrons. The molecule has 0 saturated carbocycles. The van der Waals surface area contributed by atoms with Crippen molar-refractivity contribution in [1.82, 2.24) is 0 Å². The molecule has 2 rings (SSSR count). The number of sulfonamides is 1. The van der Waals surface area contributed by atoms with Crippen molar-refractivity contribution in [3.05, 3.63) is 45.6 Å². The molecule has 1 aromatic heterocycles. The highest BCUT2D eigenvalue weighted by atomic mass is 32.2. The number of carbonyl (C=O) groups excluding carboxylic acids is 2. The number of esters is 1. The monoisotopic (exact) mass is 383 g/mol. The minimum absolute atomic E-state index is 0.120. The Morgan fingerprint density at radius 3 is 2.48 bits per heavy atom. The average molecular weight is 383 g/mol. The molecule has 2 N–H and O–H groups in total. The number of rotatable bonds is 7. The van der Waals surface area contributed by atoms with Gasteiger partial charge in [-0.1, -0.05) is 6.92 Å². The Morgan fingerprint density at radius 2 is 1.92 bits per heavy atom. The fourth-order valence-corrected chi connectivity index (χ4v) is 3.43. The summed E-state index contributed by atoms with van der Waals surface area (Å²) in [4.78, 5) is 25.6. The Morgan fingerprint density at radius 1 is 1.20 bits per heavy atom. The quantitative estimate of drug-likeness (QED) is 0.578. The first-order chi connectivity index (χ1) is 11.8. The predicted octanol–water partition coefficient (Wildman–Crippen LogP) is 2.01. The normalized spacial score (nSPS) is 11.2. The van der Waals surface area contributed by atoms with Gasteiger partial charge in [0.25, 0.3) is 0 Å². The second-order valence-electron chi connectivity index (χ2n) is 5.03. The number of benzene rings is 1. The first kappa shape index (κ1) is 19.1. The lowest BCUT2D eigenvalue weighted by Crippen LogP contribution is -2.16. The van der Waals surface area contributed by atoms with Crippen molar-refractivity contribution in [2.75, 3.05) is 13.7 Å². The molecule has 25 heavy (non-hydrogen) atoms. The molecule has 0 unspecified atom stereocenters. The van der Waals surface area contributed by atoms with Crippen LogP contribution in [-0.2, 0) is 21.2 Å². The van der Waals surface area contributed by atoms with Crippen molar-refractivity contribution in [2.45, 2.75) is 18.2 Å². The van der Waals surface area contributed by atoms with Gasteiger partial charge in [-0.3, -0.25) is 4.79 Å². The van der Waals surface area contributed by atoms with E-state index in [4.69, 9.17) is 14.6 Å². The number of hydrogen-bond acceptors (Lipinski definition) is 7. The molecule has 0 aliphatic carbocycles. The van der Waals surface area contributed by atoms with Gasteiger partial charge in [0.2, 0.25) is 15.8 Å². The van der Waals surface area contributed by atoms with Crippen LogP contribution in [0.1, 0.15) is 31.8 Å². The second kappa shape index (κ2) is 7.77. The summed E-state index contributed by atoms with van der Waals surface area (Å²) in [5, 5.41) is 5.06. The van der Waals surface area contributed by atoms with Crippen molar-refractivity contribution in [3.63, 3.8) is 0 Å². The van der Waals surface area contributed by atoms with Gasteiger partial charge < -0.3 is 9.47 Å². The molecule has 0 radical (unpaired) electrons. The summed E-state index contributed by atoms with van der Waals surface area (Å²) in [6.45, 7) is 1.52. The first-order valence-corrected chi connectivity index (χ1v) is 9.62. The van der Waals surface area contributed by atoms with Crippen molar-refractivity contribution in [1.29, 1.82) is 0 Å². The molecule has 0 aliphatic heterocycles. The molecule has 0 fully saturated rings. The maximum Gasteiger partial charge on any atom is 0.342 e. The average Bonchev–Trinajstić information content (AvgIpc) is 3.07. The number of carbonyl (C=O) groups is 2. The fourth-order valence-electron chi connectivity index (χ4n) is 2.02. The summed E-state index contributed by atoms with van der Waals surface area (Å²) in [5.74, 6) is -1.09. The Labute approximate surface area is 149 Å². The number of hydrogen-bond donors (Lipinski definition) is 1. The maximum absolute atomic E-state index is 12.2. The van der Waals surface area contributed by atoms with Crippen LogP contribution in [-0.4, -0.2) is 33.9 Å². The van der Waals surface area contributed by atoms with E-state index in [-0.39, 0.29) is 22.0 Å². The number of primary sulfonamides is 1. The van der Waals surface area contributed by atoms with Gasteiger partial charge in [-0.2, -0.15) is 0 Å². The van der Waals surface area contributed by atoms with Gasteiger partial charge in [-0.25, -0.2) is 18.4 Å². The molecular formula is C16H17NO6S2. The molecule has 9 heteroatoms. The Hall–Kier alpha value is -2.23. The van der Waals surface area contributed by atoms with Gasteiger partial charge in [0.05, 0.1) is 16.9 Å². The molecule has 0 atom stereocenters. The van der Waals surface area contributed by atoms with Crippen LogP contribution in [0, 0.1) is 0 Å². The van der Waals surface area contributed by atoms with Crippen LogP contribution >= 0.6 is 11.3 Å². The lowest BCUT2D eigenvalue weighted by atomic mass is 10.2. The van der Waals surface area contributed by atoms with Crippen LogP contribution < -0.4 is 9.88 Å². The molecule has 0 spiro atoms. The summed E-state index contributed by atoms with van der Waals surface area (Å²) in [6.07, 6.45) is 0.815. The third-order valence-corrected chi connectivity index (χ3v) is 5.52.